The van der Waals surface area contributed by atoms with Gasteiger partial charge in [-0.2, -0.15) is 4.99 Å². The molecule has 1 aromatic heterocycles. The summed E-state index contributed by atoms with van der Waals surface area (Å²) in [6, 6.07) is 8.99. The molecular formula is C17H11Cl2FN2OS. The second-order valence-electron chi connectivity index (χ2n) is 4.97. The van der Waals surface area contributed by atoms with Crippen LogP contribution in [0.2, 0.25) is 10.0 Å². The quantitative estimate of drug-likeness (QED) is 0.583. The topological polar surface area (TPSA) is 34.4 Å². The molecule has 1 heterocycles. The number of carbonyl (C=O) groups is 1. The zero-order valence-electron chi connectivity index (χ0n) is 12.3. The van der Waals surface area contributed by atoms with Crippen LogP contribution in [0.5, 0.6) is 0 Å². The molecular weight excluding hydrogens is 370 g/mol. The summed E-state index contributed by atoms with van der Waals surface area (Å²) in [5.74, 6) is -0.807. The SMILES string of the molecule is C=CCn1c(=NC(=O)c2cc(Cl)cc(Cl)c2)sc2cc(F)ccc21. The fourth-order valence-electron chi connectivity index (χ4n) is 2.27. The maximum absolute atomic E-state index is 13.4. The van der Waals surface area contributed by atoms with Gasteiger partial charge in [-0.05, 0) is 36.4 Å². The van der Waals surface area contributed by atoms with Crippen LogP contribution in [0.1, 0.15) is 10.4 Å². The Morgan fingerprint density at radius 3 is 2.62 bits per heavy atom. The minimum Gasteiger partial charge on any atom is -0.312 e. The zero-order chi connectivity index (χ0) is 17.3. The predicted octanol–water partition coefficient (Wildman–Crippen LogP) is 5.08. The number of aromatic nitrogens is 1. The lowest BCUT2D eigenvalue weighted by atomic mass is 10.2. The normalized spacial score (nSPS) is 11.9. The van der Waals surface area contributed by atoms with Crippen LogP contribution in [0.25, 0.3) is 10.2 Å². The van der Waals surface area contributed by atoms with E-state index >= 15 is 0 Å². The number of carbonyl (C=O) groups excluding carboxylic acids is 1. The fraction of sp³-hybridized carbons (Fsp3) is 0.0588. The largest absolute Gasteiger partial charge is 0.312 e. The number of nitrogens with zero attached hydrogens (tertiary/aromatic N) is 2. The maximum atomic E-state index is 13.4. The van der Waals surface area contributed by atoms with Crippen molar-refractivity contribution in [2.45, 2.75) is 6.54 Å². The van der Waals surface area contributed by atoms with Crippen LogP contribution in [-0.2, 0) is 6.54 Å². The van der Waals surface area contributed by atoms with Crippen LogP contribution in [-0.4, -0.2) is 10.5 Å². The lowest BCUT2D eigenvalue weighted by Crippen LogP contribution is -2.16. The number of allylic oxidation sites excluding steroid dienone is 1. The van der Waals surface area contributed by atoms with Gasteiger partial charge in [0.2, 0.25) is 0 Å². The second-order valence-corrected chi connectivity index (χ2v) is 6.85. The Balaban J connectivity index is 2.16. The van der Waals surface area contributed by atoms with Crippen LogP contribution in [0, 0.1) is 5.82 Å². The summed E-state index contributed by atoms with van der Waals surface area (Å²) in [4.78, 5) is 17.0. The molecule has 0 aliphatic carbocycles. The van der Waals surface area contributed by atoms with Gasteiger partial charge < -0.3 is 4.57 Å². The van der Waals surface area contributed by atoms with Crippen molar-refractivity contribution in [2.75, 3.05) is 0 Å². The molecule has 0 aliphatic rings. The van der Waals surface area contributed by atoms with E-state index in [0.29, 0.717) is 31.7 Å². The van der Waals surface area contributed by atoms with Gasteiger partial charge in [-0.3, -0.25) is 4.79 Å². The van der Waals surface area contributed by atoms with E-state index in [4.69, 9.17) is 23.2 Å². The maximum Gasteiger partial charge on any atom is 0.279 e. The average Bonchev–Trinajstić information content (AvgIpc) is 2.83. The minimum absolute atomic E-state index is 0.293. The third kappa shape index (κ3) is 3.43. The molecule has 0 fully saturated rings. The van der Waals surface area contributed by atoms with Crippen molar-refractivity contribution in [2.24, 2.45) is 4.99 Å². The number of fused-ring (bicyclic) bond motifs is 1. The molecule has 0 radical (unpaired) electrons. The van der Waals surface area contributed by atoms with Gasteiger partial charge in [-0.25, -0.2) is 4.39 Å². The van der Waals surface area contributed by atoms with Crippen LogP contribution in [0.15, 0.2) is 54.0 Å². The Kier molecular flexibility index (Phi) is 4.85. The first-order valence-electron chi connectivity index (χ1n) is 6.93. The van der Waals surface area contributed by atoms with Crippen LogP contribution < -0.4 is 4.80 Å². The van der Waals surface area contributed by atoms with Gasteiger partial charge in [0, 0.05) is 22.2 Å². The van der Waals surface area contributed by atoms with E-state index in [2.05, 4.69) is 11.6 Å². The van der Waals surface area contributed by atoms with Gasteiger partial charge >= 0.3 is 0 Å². The molecule has 0 aliphatic heterocycles. The Hall–Kier alpha value is -1.95. The Morgan fingerprint density at radius 2 is 1.96 bits per heavy atom. The molecule has 3 aromatic rings. The summed E-state index contributed by atoms with van der Waals surface area (Å²) >= 11 is 13.1. The lowest BCUT2D eigenvalue weighted by molar-refractivity contribution is 0.0998. The van der Waals surface area contributed by atoms with Gasteiger partial charge in [0.15, 0.2) is 4.80 Å². The standard InChI is InChI=1S/C17H11Cl2FN2OS/c1-2-5-22-14-4-3-13(20)9-15(14)24-17(22)21-16(23)10-6-11(18)8-12(19)7-10/h2-4,6-9H,1,5H2. The summed E-state index contributed by atoms with van der Waals surface area (Å²) in [6.07, 6.45) is 1.69. The van der Waals surface area contributed by atoms with E-state index in [-0.39, 0.29) is 5.82 Å². The second kappa shape index (κ2) is 6.89. The van der Waals surface area contributed by atoms with Crippen molar-refractivity contribution in [3.8, 4) is 0 Å². The number of amides is 1. The monoisotopic (exact) mass is 380 g/mol. The molecule has 122 valence electrons. The number of rotatable bonds is 3. The number of halogens is 3. The molecule has 3 nitrogen and oxygen atoms in total. The summed E-state index contributed by atoms with van der Waals surface area (Å²) in [7, 11) is 0. The Labute approximate surface area is 151 Å². The third-order valence-corrected chi connectivity index (χ3v) is 4.74. The number of benzene rings is 2. The highest BCUT2D eigenvalue weighted by Gasteiger charge is 2.10. The summed E-state index contributed by atoms with van der Waals surface area (Å²) in [5.41, 5.74) is 1.08. The Morgan fingerprint density at radius 1 is 1.25 bits per heavy atom. The third-order valence-electron chi connectivity index (χ3n) is 3.26. The van der Waals surface area contributed by atoms with E-state index in [1.165, 1.54) is 35.6 Å². The first-order valence-corrected chi connectivity index (χ1v) is 8.50. The molecule has 0 saturated carbocycles. The highest BCUT2D eigenvalue weighted by molar-refractivity contribution is 7.16. The smallest absolute Gasteiger partial charge is 0.279 e. The molecule has 0 saturated heterocycles. The minimum atomic E-state index is -0.468. The molecule has 3 rings (SSSR count). The van der Waals surface area contributed by atoms with Crippen molar-refractivity contribution in [3.63, 3.8) is 0 Å². The molecule has 1 amide bonds. The number of thiazole rings is 1. The molecule has 0 spiro atoms. The van der Waals surface area contributed by atoms with Gasteiger partial charge in [-0.1, -0.05) is 40.6 Å². The summed E-state index contributed by atoms with van der Waals surface area (Å²) in [5, 5.41) is 0.719. The molecule has 7 heteroatoms. The first-order chi connectivity index (χ1) is 11.5. The van der Waals surface area contributed by atoms with Gasteiger partial charge in [-0.15, -0.1) is 6.58 Å². The van der Waals surface area contributed by atoms with Crippen LogP contribution in [0.4, 0.5) is 4.39 Å². The zero-order valence-corrected chi connectivity index (χ0v) is 14.6. The van der Waals surface area contributed by atoms with Crippen LogP contribution in [0.3, 0.4) is 0 Å². The first kappa shape index (κ1) is 16.9. The van der Waals surface area contributed by atoms with Crippen molar-refractivity contribution >= 4 is 50.7 Å². The lowest BCUT2D eigenvalue weighted by Gasteiger charge is -2.01. The Bertz CT molecular complexity index is 1000. The van der Waals surface area contributed by atoms with E-state index in [1.54, 1.807) is 22.8 Å². The summed E-state index contributed by atoms with van der Waals surface area (Å²) in [6.45, 7) is 4.16. The average molecular weight is 381 g/mol. The molecule has 2 aromatic carbocycles. The fourth-order valence-corrected chi connectivity index (χ4v) is 3.86. The molecule has 0 unspecified atom stereocenters. The van der Waals surface area contributed by atoms with Crippen molar-refractivity contribution in [1.29, 1.82) is 0 Å². The van der Waals surface area contributed by atoms with Crippen molar-refractivity contribution in [1.82, 2.24) is 4.57 Å². The molecule has 0 atom stereocenters. The number of hydrogen-bond acceptors (Lipinski definition) is 2. The van der Waals surface area contributed by atoms with E-state index < -0.39 is 5.91 Å². The van der Waals surface area contributed by atoms with E-state index in [9.17, 15) is 9.18 Å². The van der Waals surface area contributed by atoms with Crippen molar-refractivity contribution in [3.05, 3.63) is 75.3 Å². The van der Waals surface area contributed by atoms with E-state index in [1.807, 2.05) is 0 Å². The van der Waals surface area contributed by atoms with Gasteiger partial charge in [0.25, 0.3) is 5.91 Å². The predicted molar refractivity (Wildman–Crippen MR) is 96.3 cm³/mol. The van der Waals surface area contributed by atoms with Gasteiger partial charge in [0.1, 0.15) is 5.82 Å². The summed E-state index contributed by atoms with van der Waals surface area (Å²) < 4.78 is 15.9. The van der Waals surface area contributed by atoms with Gasteiger partial charge in [0.05, 0.1) is 10.2 Å². The van der Waals surface area contributed by atoms with Crippen LogP contribution >= 0.6 is 34.5 Å². The molecule has 0 bridgehead atoms. The molecule has 24 heavy (non-hydrogen) atoms. The van der Waals surface area contributed by atoms with Crippen molar-refractivity contribution < 1.29 is 9.18 Å². The molecule has 0 N–H and O–H groups in total. The van der Waals surface area contributed by atoms with E-state index in [0.717, 1.165) is 5.52 Å². The number of hydrogen-bond donors (Lipinski definition) is 0. The highest BCUT2D eigenvalue weighted by atomic mass is 35.5. The highest BCUT2D eigenvalue weighted by Crippen LogP contribution is 2.21.